The number of rotatable bonds is 7. The van der Waals surface area contributed by atoms with Crippen LogP contribution in [0.15, 0.2) is 29.2 Å². The molecule has 0 aliphatic heterocycles. The van der Waals surface area contributed by atoms with Gasteiger partial charge in [0.25, 0.3) is 0 Å². The van der Waals surface area contributed by atoms with Gasteiger partial charge in [0, 0.05) is 12.1 Å². The predicted molar refractivity (Wildman–Crippen MR) is 90.1 cm³/mol. The van der Waals surface area contributed by atoms with Crippen LogP contribution in [0.2, 0.25) is 0 Å². The quantitative estimate of drug-likeness (QED) is 0.793. The second-order valence-electron chi connectivity index (χ2n) is 5.62. The van der Waals surface area contributed by atoms with Crippen LogP contribution in [0.25, 0.3) is 0 Å². The van der Waals surface area contributed by atoms with E-state index in [4.69, 9.17) is 10.5 Å². The summed E-state index contributed by atoms with van der Waals surface area (Å²) in [6.45, 7) is 2.99. The maximum atomic E-state index is 12.5. The van der Waals surface area contributed by atoms with Crippen molar-refractivity contribution in [3.63, 3.8) is 0 Å². The SMILES string of the molecule is CCCOc1ccc(S(=O)(=O)NC2(CN)CCCC2)cc1.Cl. The lowest BCUT2D eigenvalue weighted by molar-refractivity contribution is 0.317. The van der Waals surface area contributed by atoms with Gasteiger partial charge >= 0.3 is 0 Å². The minimum absolute atomic E-state index is 0. The van der Waals surface area contributed by atoms with E-state index in [0.29, 0.717) is 18.9 Å². The van der Waals surface area contributed by atoms with Crippen molar-refractivity contribution < 1.29 is 13.2 Å². The Bertz CT molecular complexity index is 555. The van der Waals surface area contributed by atoms with Crippen LogP contribution in [-0.4, -0.2) is 27.1 Å². The van der Waals surface area contributed by atoms with Gasteiger partial charge in [-0.15, -0.1) is 12.4 Å². The van der Waals surface area contributed by atoms with Crippen LogP contribution in [0.1, 0.15) is 39.0 Å². The first-order valence-corrected chi connectivity index (χ1v) is 8.96. The molecule has 0 amide bonds. The molecule has 0 radical (unpaired) electrons. The van der Waals surface area contributed by atoms with E-state index < -0.39 is 15.6 Å². The zero-order valence-electron chi connectivity index (χ0n) is 12.9. The molecule has 5 nitrogen and oxygen atoms in total. The summed E-state index contributed by atoms with van der Waals surface area (Å²) < 4.78 is 33.2. The minimum Gasteiger partial charge on any atom is -0.494 e. The molecular formula is C15H25ClN2O3S. The molecular weight excluding hydrogens is 324 g/mol. The molecule has 1 fully saturated rings. The topological polar surface area (TPSA) is 81.4 Å². The first-order valence-electron chi connectivity index (χ1n) is 7.48. The standard InChI is InChI=1S/C15H24N2O3S.ClH/c1-2-11-20-13-5-7-14(8-6-13)21(18,19)17-15(12-16)9-3-4-10-15;/h5-8,17H,2-4,9-12,16H2,1H3;1H. The van der Waals surface area contributed by atoms with Crippen molar-refractivity contribution in [2.24, 2.45) is 5.73 Å². The molecule has 1 aromatic rings. The molecule has 3 N–H and O–H groups in total. The molecule has 2 rings (SSSR count). The molecule has 1 saturated carbocycles. The van der Waals surface area contributed by atoms with Crippen LogP contribution in [-0.2, 0) is 10.0 Å². The number of sulfonamides is 1. The summed E-state index contributed by atoms with van der Waals surface area (Å²) in [5, 5.41) is 0. The second kappa shape index (κ2) is 8.15. The Morgan fingerprint density at radius 3 is 2.32 bits per heavy atom. The largest absolute Gasteiger partial charge is 0.494 e. The number of nitrogens with one attached hydrogen (secondary N) is 1. The summed E-state index contributed by atoms with van der Waals surface area (Å²) >= 11 is 0. The van der Waals surface area contributed by atoms with Gasteiger partial charge in [-0.25, -0.2) is 13.1 Å². The van der Waals surface area contributed by atoms with Crippen LogP contribution in [0.4, 0.5) is 0 Å². The monoisotopic (exact) mass is 348 g/mol. The van der Waals surface area contributed by atoms with E-state index in [-0.39, 0.29) is 17.3 Å². The summed E-state index contributed by atoms with van der Waals surface area (Å²) in [5.41, 5.74) is 5.31. The van der Waals surface area contributed by atoms with Gasteiger partial charge in [0.05, 0.1) is 11.5 Å². The normalized spacial score (nSPS) is 17.0. The van der Waals surface area contributed by atoms with E-state index in [0.717, 1.165) is 32.1 Å². The zero-order chi connectivity index (χ0) is 15.3. The third-order valence-corrected chi connectivity index (χ3v) is 5.50. The molecule has 0 heterocycles. The predicted octanol–water partition coefficient (Wildman–Crippen LogP) is 2.45. The highest BCUT2D eigenvalue weighted by molar-refractivity contribution is 7.89. The molecule has 0 saturated heterocycles. The maximum Gasteiger partial charge on any atom is 0.241 e. The van der Waals surface area contributed by atoms with E-state index in [1.807, 2.05) is 6.92 Å². The highest BCUT2D eigenvalue weighted by atomic mass is 35.5. The van der Waals surface area contributed by atoms with Crippen LogP contribution in [0.3, 0.4) is 0 Å². The maximum absolute atomic E-state index is 12.5. The highest BCUT2D eigenvalue weighted by Crippen LogP contribution is 2.30. The lowest BCUT2D eigenvalue weighted by Gasteiger charge is -2.28. The van der Waals surface area contributed by atoms with E-state index >= 15 is 0 Å². The average molecular weight is 349 g/mol. The molecule has 0 spiro atoms. The van der Waals surface area contributed by atoms with E-state index in [1.54, 1.807) is 24.3 Å². The molecule has 1 aliphatic carbocycles. The van der Waals surface area contributed by atoms with Gasteiger partial charge in [-0.2, -0.15) is 0 Å². The summed E-state index contributed by atoms with van der Waals surface area (Å²) in [6.07, 6.45) is 4.56. The van der Waals surface area contributed by atoms with Crippen molar-refractivity contribution in [3.8, 4) is 5.75 Å². The molecule has 22 heavy (non-hydrogen) atoms. The zero-order valence-corrected chi connectivity index (χ0v) is 14.5. The average Bonchev–Trinajstić information content (AvgIpc) is 2.94. The molecule has 0 unspecified atom stereocenters. The molecule has 1 aromatic carbocycles. The van der Waals surface area contributed by atoms with Crippen LogP contribution in [0.5, 0.6) is 5.75 Å². The summed E-state index contributed by atoms with van der Waals surface area (Å²) in [7, 11) is -3.54. The van der Waals surface area contributed by atoms with Crippen molar-refractivity contribution in [2.45, 2.75) is 49.5 Å². The van der Waals surface area contributed by atoms with Gasteiger partial charge in [-0.3, -0.25) is 0 Å². The number of hydrogen-bond acceptors (Lipinski definition) is 4. The molecule has 1 aliphatic rings. The summed E-state index contributed by atoms with van der Waals surface area (Å²) in [4.78, 5) is 0.256. The Morgan fingerprint density at radius 1 is 1.23 bits per heavy atom. The Morgan fingerprint density at radius 2 is 1.82 bits per heavy atom. The van der Waals surface area contributed by atoms with Crippen molar-refractivity contribution in [3.05, 3.63) is 24.3 Å². The highest BCUT2D eigenvalue weighted by Gasteiger charge is 2.36. The molecule has 0 bridgehead atoms. The van der Waals surface area contributed by atoms with Gasteiger partial charge in [-0.1, -0.05) is 19.8 Å². The summed E-state index contributed by atoms with van der Waals surface area (Å²) in [6, 6.07) is 6.53. The number of nitrogens with two attached hydrogens (primary N) is 1. The second-order valence-corrected chi connectivity index (χ2v) is 7.30. The fourth-order valence-corrected chi connectivity index (χ4v) is 4.15. The van der Waals surface area contributed by atoms with Gasteiger partial charge in [0.2, 0.25) is 10.0 Å². The van der Waals surface area contributed by atoms with Crippen molar-refractivity contribution in [1.82, 2.24) is 4.72 Å². The van der Waals surface area contributed by atoms with E-state index in [1.165, 1.54) is 0 Å². The van der Waals surface area contributed by atoms with E-state index in [9.17, 15) is 8.42 Å². The van der Waals surface area contributed by atoms with Gasteiger partial charge in [-0.05, 0) is 43.5 Å². The first-order chi connectivity index (χ1) is 10.0. The lowest BCUT2D eigenvalue weighted by Crippen LogP contribution is -2.51. The Hall–Kier alpha value is -0.820. The van der Waals surface area contributed by atoms with Gasteiger partial charge in [0.1, 0.15) is 5.75 Å². The smallest absolute Gasteiger partial charge is 0.241 e. The number of benzene rings is 1. The third-order valence-electron chi connectivity index (χ3n) is 3.91. The fourth-order valence-electron chi connectivity index (χ4n) is 2.68. The van der Waals surface area contributed by atoms with E-state index in [2.05, 4.69) is 4.72 Å². The molecule has 126 valence electrons. The number of hydrogen-bond donors (Lipinski definition) is 2. The van der Waals surface area contributed by atoms with Gasteiger partial charge in [0.15, 0.2) is 0 Å². The van der Waals surface area contributed by atoms with Crippen molar-refractivity contribution >= 4 is 22.4 Å². The third kappa shape index (κ3) is 4.59. The van der Waals surface area contributed by atoms with Crippen LogP contribution >= 0.6 is 12.4 Å². The lowest BCUT2D eigenvalue weighted by atomic mass is 10.0. The number of ether oxygens (including phenoxy) is 1. The number of halogens is 1. The van der Waals surface area contributed by atoms with Crippen LogP contribution in [0, 0.1) is 0 Å². The molecule has 0 aromatic heterocycles. The van der Waals surface area contributed by atoms with Gasteiger partial charge < -0.3 is 10.5 Å². The first kappa shape index (κ1) is 19.2. The van der Waals surface area contributed by atoms with Crippen LogP contribution < -0.4 is 15.2 Å². The Labute approximate surface area is 139 Å². The Balaban J connectivity index is 0.00000242. The summed E-state index contributed by atoms with van der Waals surface area (Å²) in [5.74, 6) is 0.685. The fraction of sp³-hybridized carbons (Fsp3) is 0.600. The van der Waals surface area contributed by atoms with Crippen molar-refractivity contribution in [2.75, 3.05) is 13.2 Å². The minimum atomic E-state index is -3.54. The molecule has 0 atom stereocenters. The Kier molecular flexibility index (Phi) is 7.12. The molecule has 7 heteroatoms. The van der Waals surface area contributed by atoms with Crippen molar-refractivity contribution in [1.29, 1.82) is 0 Å².